The van der Waals surface area contributed by atoms with Crippen molar-refractivity contribution in [3.8, 4) is 5.75 Å². The van der Waals surface area contributed by atoms with Gasteiger partial charge in [-0.1, -0.05) is 42.5 Å². The largest absolute Gasteiger partial charge is 0.481 e. The smallest absolute Gasteiger partial charge is 0.261 e. The lowest BCUT2D eigenvalue weighted by Crippen LogP contribution is -2.36. The Morgan fingerprint density at radius 2 is 1.89 bits per heavy atom. The van der Waals surface area contributed by atoms with Crippen LogP contribution < -0.4 is 10.1 Å². The van der Waals surface area contributed by atoms with Crippen LogP contribution in [0.15, 0.2) is 48.5 Å². The molecule has 1 heterocycles. The fraction of sp³-hybridized carbons (Fsp3) is 0.409. The summed E-state index contributed by atoms with van der Waals surface area (Å²) in [6.07, 6.45) is -0.539. The number of benzene rings is 2. The first-order valence-electron chi connectivity index (χ1n) is 9.50. The predicted octanol–water partition coefficient (Wildman–Crippen LogP) is 2.91. The Hall–Kier alpha value is -2.37. The number of ether oxygens (including phenoxy) is 2. The van der Waals surface area contributed by atoms with Crippen LogP contribution in [0.3, 0.4) is 0 Å². The first-order valence-corrected chi connectivity index (χ1v) is 9.50. The van der Waals surface area contributed by atoms with Gasteiger partial charge in [-0.3, -0.25) is 9.69 Å². The fourth-order valence-corrected chi connectivity index (χ4v) is 3.12. The molecule has 0 saturated carbocycles. The van der Waals surface area contributed by atoms with Gasteiger partial charge in [0.25, 0.3) is 5.91 Å². The predicted molar refractivity (Wildman–Crippen MR) is 106 cm³/mol. The molecule has 1 aliphatic rings. The van der Waals surface area contributed by atoms with Crippen LogP contribution in [0.1, 0.15) is 23.6 Å². The Morgan fingerprint density at radius 1 is 1.15 bits per heavy atom. The molecule has 3 rings (SSSR count). The summed E-state index contributed by atoms with van der Waals surface area (Å²) >= 11 is 0. The van der Waals surface area contributed by atoms with E-state index in [1.165, 1.54) is 5.56 Å². The standard InChI is InChI=1S/C22H28N2O3/c1-17-6-3-4-9-21(17)27-18(2)22(25)23-15-19-7-5-8-20(14-19)16-24-10-12-26-13-11-24/h3-9,14,18H,10-13,15-16H2,1-2H3,(H,23,25)/t18-/m1/s1. The van der Waals surface area contributed by atoms with Crippen molar-refractivity contribution in [1.29, 1.82) is 0 Å². The van der Waals surface area contributed by atoms with Crippen molar-refractivity contribution in [1.82, 2.24) is 10.2 Å². The Labute approximate surface area is 161 Å². The van der Waals surface area contributed by atoms with E-state index >= 15 is 0 Å². The van der Waals surface area contributed by atoms with Crippen LogP contribution in [0, 0.1) is 6.92 Å². The second-order valence-corrected chi connectivity index (χ2v) is 6.95. The van der Waals surface area contributed by atoms with Crippen molar-refractivity contribution in [2.24, 2.45) is 0 Å². The summed E-state index contributed by atoms with van der Waals surface area (Å²) in [6.45, 7) is 8.69. The summed E-state index contributed by atoms with van der Waals surface area (Å²) in [4.78, 5) is 14.8. The second kappa shape index (κ2) is 9.53. The van der Waals surface area contributed by atoms with Gasteiger partial charge in [-0.15, -0.1) is 0 Å². The maximum Gasteiger partial charge on any atom is 0.261 e. The van der Waals surface area contributed by atoms with Gasteiger partial charge in [-0.05, 0) is 36.6 Å². The molecule has 0 unspecified atom stereocenters. The molecule has 1 amide bonds. The molecule has 1 saturated heterocycles. The monoisotopic (exact) mass is 368 g/mol. The van der Waals surface area contributed by atoms with E-state index in [0.717, 1.165) is 49.7 Å². The van der Waals surface area contributed by atoms with Gasteiger partial charge in [-0.25, -0.2) is 0 Å². The number of rotatable bonds is 7. The number of carbonyl (C=O) groups is 1. The summed E-state index contributed by atoms with van der Waals surface area (Å²) in [7, 11) is 0. The van der Waals surface area contributed by atoms with Crippen LogP contribution in [-0.4, -0.2) is 43.2 Å². The molecule has 5 nitrogen and oxygen atoms in total. The Bertz CT molecular complexity index is 757. The summed E-state index contributed by atoms with van der Waals surface area (Å²) in [5.41, 5.74) is 3.37. The molecule has 2 aromatic rings. The van der Waals surface area contributed by atoms with Crippen molar-refractivity contribution < 1.29 is 14.3 Å². The fourth-order valence-electron chi connectivity index (χ4n) is 3.12. The molecule has 1 N–H and O–H groups in total. The highest BCUT2D eigenvalue weighted by Crippen LogP contribution is 2.18. The van der Waals surface area contributed by atoms with E-state index in [-0.39, 0.29) is 5.91 Å². The quantitative estimate of drug-likeness (QED) is 0.816. The maximum atomic E-state index is 12.4. The molecule has 0 spiro atoms. The molecule has 0 bridgehead atoms. The van der Waals surface area contributed by atoms with Gasteiger partial charge in [0.2, 0.25) is 0 Å². The number of amides is 1. The molecule has 1 fully saturated rings. The van der Waals surface area contributed by atoms with Crippen molar-refractivity contribution in [3.05, 3.63) is 65.2 Å². The minimum atomic E-state index is -0.539. The highest BCUT2D eigenvalue weighted by atomic mass is 16.5. The zero-order valence-corrected chi connectivity index (χ0v) is 16.1. The van der Waals surface area contributed by atoms with Gasteiger partial charge < -0.3 is 14.8 Å². The SMILES string of the molecule is Cc1ccccc1O[C@H](C)C(=O)NCc1cccc(CN2CCOCC2)c1. The molecule has 27 heavy (non-hydrogen) atoms. The Morgan fingerprint density at radius 3 is 2.67 bits per heavy atom. The third-order valence-electron chi connectivity index (χ3n) is 4.73. The van der Waals surface area contributed by atoms with E-state index in [1.807, 2.05) is 43.3 Å². The van der Waals surface area contributed by atoms with Gasteiger partial charge in [-0.2, -0.15) is 0 Å². The van der Waals surface area contributed by atoms with Crippen LogP contribution in [0.2, 0.25) is 0 Å². The van der Waals surface area contributed by atoms with E-state index in [4.69, 9.17) is 9.47 Å². The molecule has 0 aliphatic carbocycles. The van der Waals surface area contributed by atoms with Crippen LogP contribution in [-0.2, 0) is 22.6 Å². The number of para-hydroxylation sites is 1. The van der Waals surface area contributed by atoms with Crippen LogP contribution >= 0.6 is 0 Å². The minimum Gasteiger partial charge on any atom is -0.481 e. The minimum absolute atomic E-state index is 0.114. The Balaban J connectivity index is 1.50. The average Bonchev–Trinajstić information content (AvgIpc) is 2.69. The van der Waals surface area contributed by atoms with E-state index in [1.54, 1.807) is 6.92 Å². The molecule has 5 heteroatoms. The third-order valence-corrected chi connectivity index (χ3v) is 4.73. The zero-order valence-electron chi connectivity index (χ0n) is 16.1. The normalized spacial score (nSPS) is 15.9. The lowest BCUT2D eigenvalue weighted by molar-refractivity contribution is -0.127. The number of hydrogen-bond donors (Lipinski definition) is 1. The molecule has 2 aromatic carbocycles. The number of hydrogen-bond acceptors (Lipinski definition) is 4. The van der Waals surface area contributed by atoms with Gasteiger partial charge in [0.05, 0.1) is 13.2 Å². The van der Waals surface area contributed by atoms with Crippen molar-refractivity contribution in [2.45, 2.75) is 33.0 Å². The lowest BCUT2D eigenvalue weighted by Gasteiger charge is -2.26. The molecule has 0 radical (unpaired) electrons. The molecule has 0 aromatic heterocycles. The van der Waals surface area contributed by atoms with Crippen molar-refractivity contribution in [3.63, 3.8) is 0 Å². The topological polar surface area (TPSA) is 50.8 Å². The number of morpholine rings is 1. The summed E-state index contributed by atoms with van der Waals surface area (Å²) in [5, 5.41) is 2.97. The van der Waals surface area contributed by atoms with E-state index in [9.17, 15) is 4.79 Å². The molecule has 1 aliphatic heterocycles. The van der Waals surface area contributed by atoms with Crippen LogP contribution in [0.5, 0.6) is 5.75 Å². The zero-order chi connectivity index (χ0) is 19.1. The van der Waals surface area contributed by atoms with Gasteiger partial charge in [0, 0.05) is 26.2 Å². The second-order valence-electron chi connectivity index (χ2n) is 6.95. The summed E-state index contributed by atoms with van der Waals surface area (Å²) in [6, 6.07) is 16.1. The molecular weight excluding hydrogens is 340 g/mol. The molecule has 144 valence electrons. The van der Waals surface area contributed by atoms with Crippen molar-refractivity contribution >= 4 is 5.91 Å². The molecular formula is C22H28N2O3. The highest BCUT2D eigenvalue weighted by Gasteiger charge is 2.15. The van der Waals surface area contributed by atoms with Crippen LogP contribution in [0.25, 0.3) is 0 Å². The summed E-state index contributed by atoms with van der Waals surface area (Å²) in [5.74, 6) is 0.629. The molecule has 1 atom stereocenters. The third kappa shape index (κ3) is 5.81. The van der Waals surface area contributed by atoms with Crippen molar-refractivity contribution in [2.75, 3.05) is 26.3 Å². The van der Waals surface area contributed by atoms with Gasteiger partial charge in [0.15, 0.2) is 6.10 Å². The highest BCUT2D eigenvalue weighted by molar-refractivity contribution is 5.80. The number of aryl methyl sites for hydroxylation is 1. The van der Waals surface area contributed by atoms with E-state index < -0.39 is 6.10 Å². The lowest BCUT2D eigenvalue weighted by atomic mass is 10.1. The average molecular weight is 368 g/mol. The maximum absolute atomic E-state index is 12.4. The number of nitrogens with zero attached hydrogens (tertiary/aromatic N) is 1. The first-order chi connectivity index (χ1) is 13.1. The van der Waals surface area contributed by atoms with E-state index in [2.05, 4.69) is 22.3 Å². The van der Waals surface area contributed by atoms with Gasteiger partial charge in [0.1, 0.15) is 5.75 Å². The number of nitrogens with one attached hydrogen (secondary N) is 1. The summed E-state index contributed by atoms with van der Waals surface area (Å²) < 4.78 is 11.2. The first kappa shape index (κ1) is 19.4. The van der Waals surface area contributed by atoms with Gasteiger partial charge >= 0.3 is 0 Å². The van der Waals surface area contributed by atoms with Crippen LogP contribution in [0.4, 0.5) is 0 Å². The Kier molecular flexibility index (Phi) is 6.85. The number of carbonyl (C=O) groups excluding carboxylic acids is 1. The van der Waals surface area contributed by atoms with E-state index in [0.29, 0.717) is 6.54 Å².